The van der Waals surface area contributed by atoms with E-state index in [0.717, 1.165) is 18.9 Å². The Bertz CT molecular complexity index is 95.7. The highest BCUT2D eigenvalue weighted by Crippen LogP contribution is 2.19. The maximum absolute atomic E-state index is 9.57. The van der Waals surface area contributed by atoms with Crippen molar-refractivity contribution in [2.45, 2.75) is 25.8 Å². The predicted octanol–water partition coefficient (Wildman–Crippen LogP) is 0.764. The van der Waals surface area contributed by atoms with Crippen LogP contribution in [0.15, 0.2) is 0 Å². The van der Waals surface area contributed by atoms with Crippen LogP contribution in [0.4, 0.5) is 0 Å². The molecule has 0 spiro atoms. The summed E-state index contributed by atoms with van der Waals surface area (Å²) in [7, 11) is -2.64. The summed E-state index contributed by atoms with van der Waals surface area (Å²) in [5, 5.41) is 0. The molecule has 60 valence electrons. The molecule has 1 aliphatic rings. The van der Waals surface area contributed by atoms with Crippen molar-refractivity contribution in [1.29, 1.82) is 0 Å². The van der Waals surface area contributed by atoms with Gasteiger partial charge in [-0.15, -0.1) is 0 Å². The average Bonchev–Trinajstić information content (AvgIpc) is 1.89. The summed E-state index contributed by atoms with van der Waals surface area (Å²) in [5.41, 5.74) is 0. The van der Waals surface area contributed by atoms with Crippen LogP contribution in [0, 0.1) is 0 Å². The van der Waals surface area contributed by atoms with E-state index in [1.165, 1.54) is 0 Å². The van der Waals surface area contributed by atoms with Gasteiger partial charge in [0.15, 0.2) is 0 Å². The van der Waals surface area contributed by atoms with E-state index in [0.29, 0.717) is 13.2 Å². The van der Waals surface area contributed by atoms with Crippen molar-refractivity contribution in [3.63, 3.8) is 0 Å². The van der Waals surface area contributed by atoms with Gasteiger partial charge in [0.25, 0.3) is 0 Å². The number of rotatable bonds is 2. The molecule has 0 aromatic rings. The quantitative estimate of drug-likeness (QED) is 0.609. The minimum atomic E-state index is -2.64. The molecule has 1 aliphatic heterocycles. The molecule has 4 heteroatoms. The lowest BCUT2D eigenvalue weighted by molar-refractivity contribution is 0.0862. The lowest BCUT2D eigenvalue weighted by atomic mass is 10.4. The highest BCUT2D eigenvalue weighted by Gasteiger charge is 2.38. The molecule has 1 heterocycles. The van der Waals surface area contributed by atoms with Crippen LogP contribution < -0.4 is 0 Å². The third kappa shape index (κ3) is 2.05. The molecule has 0 radical (unpaired) electrons. The Kier molecular flexibility index (Phi) is 2.85. The third-order valence-corrected chi connectivity index (χ3v) is 3.96. The van der Waals surface area contributed by atoms with Crippen molar-refractivity contribution in [3.05, 3.63) is 0 Å². The monoisotopic (exact) mass is 162 g/mol. The van der Waals surface area contributed by atoms with Gasteiger partial charge in [-0.1, -0.05) is 0 Å². The van der Waals surface area contributed by atoms with Crippen LogP contribution >= 0.6 is 0 Å². The fourth-order valence-electron chi connectivity index (χ4n) is 1.09. The van der Waals surface area contributed by atoms with E-state index in [9.17, 15) is 4.80 Å². The SMILES string of the molecule is CCO[Si]1(O)CCCCO1. The molecule has 0 bridgehead atoms. The molecular weight excluding hydrogens is 148 g/mol. The van der Waals surface area contributed by atoms with Gasteiger partial charge in [-0.2, -0.15) is 0 Å². The van der Waals surface area contributed by atoms with Gasteiger partial charge in [-0.05, 0) is 19.8 Å². The predicted molar refractivity (Wildman–Crippen MR) is 39.6 cm³/mol. The Morgan fingerprint density at radius 2 is 2.40 bits per heavy atom. The van der Waals surface area contributed by atoms with Gasteiger partial charge in [0.05, 0.1) is 0 Å². The normalized spacial score (nSPS) is 34.2. The summed E-state index contributed by atoms with van der Waals surface area (Å²) in [6.07, 6.45) is 2.10. The van der Waals surface area contributed by atoms with Crippen molar-refractivity contribution in [1.82, 2.24) is 0 Å². The number of hydrogen-bond acceptors (Lipinski definition) is 3. The zero-order valence-corrected chi connectivity index (χ0v) is 7.30. The molecule has 10 heavy (non-hydrogen) atoms. The highest BCUT2D eigenvalue weighted by molar-refractivity contribution is 6.59. The zero-order chi connectivity index (χ0) is 7.45. The summed E-state index contributed by atoms with van der Waals surface area (Å²) in [4.78, 5) is 9.57. The molecule has 0 aliphatic carbocycles. The van der Waals surface area contributed by atoms with Crippen molar-refractivity contribution < 1.29 is 13.6 Å². The summed E-state index contributed by atoms with van der Waals surface area (Å²) in [6, 6.07) is 0.737. The second-order valence-corrected chi connectivity index (χ2v) is 4.95. The van der Waals surface area contributed by atoms with Gasteiger partial charge in [-0.3, -0.25) is 0 Å². The first kappa shape index (κ1) is 8.20. The van der Waals surface area contributed by atoms with Crippen LogP contribution in [0.3, 0.4) is 0 Å². The van der Waals surface area contributed by atoms with Crippen LogP contribution in [-0.2, 0) is 8.85 Å². The van der Waals surface area contributed by atoms with E-state index >= 15 is 0 Å². The van der Waals surface area contributed by atoms with Crippen LogP contribution in [0.2, 0.25) is 6.04 Å². The lowest BCUT2D eigenvalue weighted by Gasteiger charge is -2.27. The largest absolute Gasteiger partial charge is 0.498 e. The molecule has 1 rings (SSSR count). The second-order valence-electron chi connectivity index (χ2n) is 2.45. The topological polar surface area (TPSA) is 38.7 Å². The fraction of sp³-hybridized carbons (Fsp3) is 1.00. The van der Waals surface area contributed by atoms with Crippen molar-refractivity contribution in [2.75, 3.05) is 13.2 Å². The summed E-state index contributed by atoms with van der Waals surface area (Å²) >= 11 is 0. The Morgan fingerprint density at radius 3 is 2.90 bits per heavy atom. The Hall–Kier alpha value is 0.0969. The van der Waals surface area contributed by atoms with E-state index in [4.69, 9.17) is 8.85 Å². The van der Waals surface area contributed by atoms with Gasteiger partial charge in [0.1, 0.15) is 0 Å². The van der Waals surface area contributed by atoms with Gasteiger partial charge in [0, 0.05) is 19.3 Å². The summed E-state index contributed by atoms with van der Waals surface area (Å²) in [5.74, 6) is 0. The molecule has 0 aromatic carbocycles. The van der Waals surface area contributed by atoms with E-state index in [2.05, 4.69) is 0 Å². The van der Waals surface area contributed by atoms with Crippen LogP contribution in [-0.4, -0.2) is 26.8 Å². The van der Waals surface area contributed by atoms with Gasteiger partial charge >= 0.3 is 8.80 Å². The smallest absolute Gasteiger partial charge is 0.390 e. The maximum Gasteiger partial charge on any atom is 0.498 e. The third-order valence-electron chi connectivity index (χ3n) is 1.58. The Morgan fingerprint density at radius 1 is 1.60 bits per heavy atom. The minimum absolute atomic E-state index is 0.558. The van der Waals surface area contributed by atoms with E-state index in [1.54, 1.807) is 0 Å². The van der Waals surface area contributed by atoms with Gasteiger partial charge < -0.3 is 13.6 Å². The van der Waals surface area contributed by atoms with E-state index in [-0.39, 0.29) is 0 Å². The maximum atomic E-state index is 9.57. The standard InChI is InChI=1S/C6H14O3Si/c1-2-8-10(7)6-4-3-5-9-10/h7H,2-6H2,1H3. The van der Waals surface area contributed by atoms with Crippen LogP contribution in [0.1, 0.15) is 19.8 Å². The molecule has 1 N–H and O–H groups in total. The molecular formula is C6H14O3Si. The molecule has 0 aromatic heterocycles. The van der Waals surface area contributed by atoms with Gasteiger partial charge in [-0.25, -0.2) is 0 Å². The zero-order valence-electron chi connectivity index (χ0n) is 6.30. The Labute approximate surface area is 62.3 Å². The van der Waals surface area contributed by atoms with E-state index in [1.807, 2.05) is 6.92 Å². The molecule has 1 saturated heterocycles. The van der Waals surface area contributed by atoms with Crippen molar-refractivity contribution >= 4 is 8.80 Å². The first-order chi connectivity index (χ1) is 4.77. The molecule has 1 unspecified atom stereocenters. The molecule has 1 atom stereocenters. The van der Waals surface area contributed by atoms with Crippen molar-refractivity contribution in [3.8, 4) is 0 Å². The van der Waals surface area contributed by atoms with Crippen LogP contribution in [0.25, 0.3) is 0 Å². The molecule has 0 saturated carbocycles. The van der Waals surface area contributed by atoms with Crippen LogP contribution in [0.5, 0.6) is 0 Å². The molecule has 1 fully saturated rings. The molecule has 0 amide bonds. The fourth-order valence-corrected chi connectivity index (χ4v) is 3.08. The number of hydrogen-bond donors (Lipinski definition) is 1. The minimum Gasteiger partial charge on any atom is -0.390 e. The highest BCUT2D eigenvalue weighted by atomic mass is 28.4. The Balaban J connectivity index is 2.32. The summed E-state index contributed by atoms with van der Waals surface area (Å²) in [6.45, 7) is 3.11. The summed E-state index contributed by atoms with van der Waals surface area (Å²) < 4.78 is 10.3. The average molecular weight is 162 g/mol. The van der Waals surface area contributed by atoms with E-state index < -0.39 is 8.80 Å². The molecule has 3 nitrogen and oxygen atoms in total. The first-order valence-electron chi connectivity index (χ1n) is 3.77. The lowest BCUT2D eigenvalue weighted by Crippen LogP contribution is -2.44. The van der Waals surface area contributed by atoms with Crippen molar-refractivity contribution in [2.24, 2.45) is 0 Å². The second kappa shape index (κ2) is 3.48. The first-order valence-corrected chi connectivity index (χ1v) is 5.74. The van der Waals surface area contributed by atoms with Gasteiger partial charge in [0.2, 0.25) is 0 Å².